The summed E-state index contributed by atoms with van der Waals surface area (Å²) in [6, 6.07) is 7.68. The first-order valence-electron chi connectivity index (χ1n) is 7.28. The summed E-state index contributed by atoms with van der Waals surface area (Å²) in [6.07, 6.45) is 4.79. The fraction of sp³-hybridized carbons (Fsp3) is 0.625. The molecular formula is C16H25FN2. The van der Waals surface area contributed by atoms with Crippen LogP contribution in [0.25, 0.3) is 0 Å². The highest BCUT2D eigenvalue weighted by molar-refractivity contribution is 5.23. The van der Waals surface area contributed by atoms with Crippen LogP contribution in [0.15, 0.2) is 24.3 Å². The summed E-state index contributed by atoms with van der Waals surface area (Å²) in [5.41, 5.74) is 1.16. The summed E-state index contributed by atoms with van der Waals surface area (Å²) in [4.78, 5) is 2.23. The Morgan fingerprint density at radius 2 is 2.05 bits per heavy atom. The molecule has 0 bridgehead atoms. The van der Waals surface area contributed by atoms with Crippen molar-refractivity contribution >= 4 is 0 Å². The van der Waals surface area contributed by atoms with Crippen LogP contribution in [0, 0.1) is 5.82 Å². The van der Waals surface area contributed by atoms with Crippen molar-refractivity contribution in [3.63, 3.8) is 0 Å². The molecule has 2 nitrogen and oxygen atoms in total. The average molecular weight is 264 g/mol. The molecule has 2 rings (SSSR count). The number of hydrogen-bond acceptors (Lipinski definition) is 2. The van der Waals surface area contributed by atoms with Crippen LogP contribution in [0.1, 0.15) is 37.2 Å². The molecule has 0 heterocycles. The van der Waals surface area contributed by atoms with Crippen molar-refractivity contribution in [1.82, 2.24) is 10.2 Å². The smallest absolute Gasteiger partial charge is 0.123 e. The molecule has 1 saturated carbocycles. The molecule has 1 aliphatic carbocycles. The van der Waals surface area contributed by atoms with E-state index in [1.807, 2.05) is 12.1 Å². The number of hydrogen-bond donors (Lipinski definition) is 1. The van der Waals surface area contributed by atoms with Crippen molar-refractivity contribution in [3.8, 4) is 0 Å². The lowest BCUT2D eigenvalue weighted by Gasteiger charge is -2.36. The van der Waals surface area contributed by atoms with Gasteiger partial charge in [-0.25, -0.2) is 4.39 Å². The highest BCUT2D eigenvalue weighted by Crippen LogP contribution is 2.36. The number of halogens is 1. The standard InChI is InChI=1S/C16H25FN2/c1-19(2)9-4-3-8-18-16-11-14(12-16)13-6-5-7-15(17)10-13/h5-7,10,14,16,18H,3-4,8-9,11-12H2,1-2H3. The second-order valence-electron chi connectivity index (χ2n) is 5.88. The van der Waals surface area contributed by atoms with Crippen LogP contribution in [-0.4, -0.2) is 38.1 Å². The third-order valence-electron chi connectivity index (χ3n) is 3.92. The average Bonchev–Trinajstić information content (AvgIpc) is 2.30. The number of rotatable bonds is 7. The molecule has 0 spiro atoms. The summed E-state index contributed by atoms with van der Waals surface area (Å²) in [5.74, 6) is 0.438. The number of nitrogens with zero attached hydrogens (tertiary/aromatic N) is 1. The van der Waals surface area contributed by atoms with E-state index in [1.54, 1.807) is 6.07 Å². The Morgan fingerprint density at radius 1 is 1.26 bits per heavy atom. The molecule has 0 aliphatic heterocycles. The van der Waals surface area contributed by atoms with E-state index in [2.05, 4.69) is 24.3 Å². The van der Waals surface area contributed by atoms with Crippen LogP contribution < -0.4 is 5.32 Å². The Kier molecular flexibility index (Phi) is 5.34. The molecule has 1 aliphatic rings. The monoisotopic (exact) mass is 264 g/mol. The maximum atomic E-state index is 13.1. The molecule has 1 aromatic rings. The highest BCUT2D eigenvalue weighted by atomic mass is 19.1. The van der Waals surface area contributed by atoms with Gasteiger partial charge in [-0.15, -0.1) is 0 Å². The quantitative estimate of drug-likeness (QED) is 0.762. The summed E-state index contributed by atoms with van der Waals surface area (Å²) in [6.45, 7) is 2.27. The number of nitrogens with one attached hydrogen (secondary N) is 1. The van der Waals surface area contributed by atoms with E-state index in [-0.39, 0.29) is 5.82 Å². The predicted octanol–water partition coefficient (Wildman–Crippen LogP) is 3.00. The van der Waals surface area contributed by atoms with Gasteiger partial charge >= 0.3 is 0 Å². The van der Waals surface area contributed by atoms with Gasteiger partial charge in [-0.05, 0) is 76.5 Å². The Balaban J connectivity index is 1.59. The predicted molar refractivity (Wildman–Crippen MR) is 78.0 cm³/mol. The van der Waals surface area contributed by atoms with Gasteiger partial charge in [0, 0.05) is 6.04 Å². The fourth-order valence-electron chi connectivity index (χ4n) is 2.68. The molecule has 1 fully saturated rings. The molecule has 1 aromatic carbocycles. The lowest BCUT2D eigenvalue weighted by Crippen LogP contribution is -2.40. The van der Waals surface area contributed by atoms with Gasteiger partial charge < -0.3 is 10.2 Å². The minimum Gasteiger partial charge on any atom is -0.314 e. The normalized spacial score (nSPS) is 22.5. The summed E-state index contributed by atoms with van der Waals surface area (Å²) < 4.78 is 13.1. The maximum absolute atomic E-state index is 13.1. The zero-order valence-electron chi connectivity index (χ0n) is 12.0. The SMILES string of the molecule is CN(C)CCCCNC1CC(c2cccc(F)c2)C1. The first kappa shape index (κ1) is 14.5. The second-order valence-corrected chi connectivity index (χ2v) is 5.88. The fourth-order valence-corrected chi connectivity index (χ4v) is 2.68. The van der Waals surface area contributed by atoms with Crippen molar-refractivity contribution in [3.05, 3.63) is 35.6 Å². The molecular weight excluding hydrogens is 239 g/mol. The largest absolute Gasteiger partial charge is 0.314 e. The van der Waals surface area contributed by atoms with Gasteiger partial charge in [-0.3, -0.25) is 0 Å². The third-order valence-corrected chi connectivity index (χ3v) is 3.92. The third kappa shape index (κ3) is 4.59. The lowest BCUT2D eigenvalue weighted by atomic mass is 9.76. The minimum absolute atomic E-state index is 0.113. The van der Waals surface area contributed by atoms with E-state index in [1.165, 1.54) is 18.9 Å². The maximum Gasteiger partial charge on any atom is 0.123 e. The van der Waals surface area contributed by atoms with Crippen LogP contribution in [-0.2, 0) is 0 Å². The van der Waals surface area contributed by atoms with Crippen molar-refractivity contribution in [2.24, 2.45) is 0 Å². The molecule has 19 heavy (non-hydrogen) atoms. The summed E-state index contributed by atoms with van der Waals surface area (Å²) in [7, 11) is 4.23. The summed E-state index contributed by atoms with van der Waals surface area (Å²) >= 11 is 0. The minimum atomic E-state index is -0.113. The number of benzene rings is 1. The van der Waals surface area contributed by atoms with Crippen LogP contribution in [0.2, 0.25) is 0 Å². The molecule has 0 aromatic heterocycles. The van der Waals surface area contributed by atoms with Gasteiger partial charge in [-0.2, -0.15) is 0 Å². The van der Waals surface area contributed by atoms with Crippen LogP contribution in [0.3, 0.4) is 0 Å². The van der Waals surface area contributed by atoms with E-state index in [0.717, 1.165) is 31.5 Å². The van der Waals surface area contributed by atoms with Gasteiger partial charge in [0.2, 0.25) is 0 Å². The highest BCUT2D eigenvalue weighted by Gasteiger charge is 2.29. The van der Waals surface area contributed by atoms with E-state index in [9.17, 15) is 4.39 Å². The first-order valence-corrected chi connectivity index (χ1v) is 7.28. The van der Waals surface area contributed by atoms with Crippen molar-refractivity contribution in [1.29, 1.82) is 0 Å². The Labute approximate surface area is 116 Å². The Morgan fingerprint density at radius 3 is 2.74 bits per heavy atom. The van der Waals surface area contributed by atoms with Gasteiger partial charge in [0.15, 0.2) is 0 Å². The van der Waals surface area contributed by atoms with E-state index in [0.29, 0.717) is 12.0 Å². The molecule has 1 N–H and O–H groups in total. The molecule has 0 amide bonds. The van der Waals surface area contributed by atoms with Crippen molar-refractivity contribution < 1.29 is 4.39 Å². The van der Waals surface area contributed by atoms with Crippen LogP contribution in [0.4, 0.5) is 4.39 Å². The Hall–Kier alpha value is -0.930. The molecule has 0 unspecified atom stereocenters. The van der Waals surface area contributed by atoms with Crippen molar-refractivity contribution in [2.45, 2.75) is 37.6 Å². The van der Waals surface area contributed by atoms with E-state index >= 15 is 0 Å². The Bertz CT molecular complexity index is 386. The topological polar surface area (TPSA) is 15.3 Å². The zero-order chi connectivity index (χ0) is 13.7. The van der Waals surface area contributed by atoms with Gasteiger partial charge in [0.05, 0.1) is 0 Å². The lowest BCUT2D eigenvalue weighted by molar-refractivity contribution is 0.287. The van der Waals surface area contributed by atoms with Crippen LogP contribution >= 0.6 is 0 Å². The van der Waals surface area contributed by atoms with Gasteiger partial charge in [-0.1, -0.05) is 12.1 Å². The zero-order valence-corrected chi connectivity index (χ0v) is 12.0. The molecule has 106 valence electrons. The summed E-state index contributed by atoms with van der Waals surface area (Å²) in [5, 5.41) is 3.59. The van der Waals surface area contributed by atoms with E-state index < -0.39 is 0 Å². The first-order chi connectivity index (χ1) is 9.15. The van der Waals surface area contributed by atoms with Crippen LogP contribution in [0.5, 0.6) is 0 Å². The molecule has 3 heteroatoms. The second kappa shape index (κ2) is 7.01. The number of unbranched alkanes of at least 4 members (excludes halogenated alkanes) is 1. The molecule has 0 atom stereocenters. The molecule has 0 saturated heterocycles. The van der Waals surface area contributed by atoms with E-state index in [4.69, 9.17) is 0 Å². The van der Waals surface area contributed by atoms with Gasteiger partial charge in [0.1, 0.15) is 5.82 Å². The van der Waals surface area contributed by atoms with Gasteiger partial charge in [0.25, 0.3) is 0 Å². The molecule has 0 radical (unpaired) electrons. The van der Waals surface area contributed by atoms with Crippen molar-refractivity contribution in [2.75, 3.05) is 27.2 Å².